The lowest BCUT2D eigenvalue weighted by Crippen LogP contribution is -2.38. The molecule has 1 aliphatic rings. The van der Waals surface area contributed by atoms with Crippen LogP contribution in [-0.4, -0.2) is 24.9 Å². The van der Waals surface area contributed by atoms with Gasteiger partial charge in [-0.05, 0) is 19.1 Å². The van der Waals surface area contributed by atoms with E-state index in [-0.39, 0.29) is 0 Å². The smallest absolute Gasteiger partial charge is 0.294 e. The summed E-state index contributed by atoms with van der Waals surface area (Å²) in [6, 6.07) is 1.18. The summed E-state index contributed by atoms with van der Waals surface area (Å²) in [5.41, 5.74) is 0. The molecule has 0 aromatic heterocycles. The van der Waals surface area contributed by atoms with Crippen molar-refractivity contribution in [2.24, 2.45) is 0 Å². The molecule has 1 saturated heterocycles. The summed E-state index contributed by atoms with van der Waals surface area (Å²) >= 11 is 0. The molecule has 0 saturated carbocycles. The lowest BCUT2D eigenvalue weighted by atomic mass is 10.9. The van der Waals surface area contributed by atoms with Gasteiger partial charge in [0, 0.05) is 6.61 Å². The minimum atomic E-state index is -1.15. The monoisotopic (exact) mass is 148 g/mol. The van der Waals surface area contributed by atoms with Crippen molar-refractivity contribution >= 4 is 18.3 Å². The first kappa shape index (κ1) is 6.47. The van der Waals surface area contributed by atoms with Crippen LogP contribution in [0.25, 0.3) is 0 Å². The second-order valence-electron chi connectivity index (χ2n) is 2.68. The quantitative estimate of drug-likeness (QED) is 0.458. The highest BCUT2D eigenvalue weighted by atomic mass is 28.4. The minimum absolute atomic E-state index is 0.534. The maximum atomic E-state index is 5.52. The van der Waals surface area contributed by atoms with Crippen molar-refractivity contribution in [3.05, 3.63) is 0 Å². The number of rotatable bonds is 0. The molecular weight excluding hydrogens is 136 g/mol. The fourth-order valence-corrected chi connectivity index (χ4v) is 4.02. The highest BCUT2D eigenvalue weighted by Crippen LogP contribution is 2.13. The van der Waals surface area contributed by atoms with Gasteiger partial charge in [0.05, 0.1) is 0 Å². The van der Waals surface area contributed by atoms with Crippen molar-refractivity contribution in [2.75, 3.05) is 6.61 Å². The Kier molecular flexibility index (Phi) is 1.86. The van der Waals surface area contributed by atoms with E-state index in [0.717, 1.165) is 6.61 Å². The highest BCUT2D eigenvalue weighted by Gasteiger charge is 2.24. The zero-order valence-corrected chi connectivity index (χ0v) is 7.85. The molecule has 0 bridgehead atoms. The van der Waals surface area contributed by atoms with Crippen molar-refractivity contribution in [3.63, 3.8) is 0 Å². The van der Waals surface area contributed by atoms with E-state index in [2.05, 4.69) is 13.1 Å². The molecule has 1 heterocycles. The van der Waals surface area contributed by atoms with Gasteiger partial charge in [-0.1, -0.05) is 0 Å². The van der Waals surface area contributed by atoms with E-state index in [9.17, 15) is 0 Å². The zero-order chi connectivity index (χ0) is 6.04. The maximum Gasteiger partial charge on any atom is 0.294 e. The number of hydrogen-bond acceptors (Lipinski definition) is 2. The Morgan fingerprint density at radius 2 is 2.25 bits per heavy atom. The first-order valence-electron chi connectivity index (χ1n) is 2.92. The van der Waals surface area contributed by atoms with Gasteiger partial charge in [0.2, 0.25) is 0 Å². The molecule has 4 heteroatoms. The van der Waals surface area contributed by atoms with E-state index in [1.165, 1.54) is 6.04 Å². The molecule has 0 amide bonds. The molecule has 0 aliphatic carbocycles. The molecule has 1 aliphatic heterocycles. The topological polar surface area (TPSA) is 18.5 Å². The third-order valence-corrected chi connectivity index (χ3v) is 6.84. The predicted molar refractivity (Wildman–Crippen MR) is 37.9 cm³/mol. The fraction of sp³-hybridized carbons (Fsp3) is 1.00. The SMILES string of the molecule is C[Si]1(C)CCO[SiH2]O1. The molecule has 0 aromatic carbocycles. The molecule has 1 fully saturated rings. The molecule has 0 N–H and O–H groups in total. The first-order valence-corrected chi connectivity index (χ1v) is 7.19. The van der Waals surface area contributed by atoms with Crippen molar-refractivity contribution in [1.29, 1.82) is 0 Å². The first-order chi connectivity index (χ1) is 3.71. The molecule has 0 aromatic rings. The van der Waals surface area contributed by atoms with Crippen LogP contribution >= 0.6 is 0 Å². The Balaban J connectivity index is 2.33. The van der Waals surface area contributed by atoms with Crippen LogP contribution in [0.1, 0.15) is 0 Å². The third kappa shape index (κ3) is 1.70. The molecular formula is C4H12O2Si2. The summed E-state index contributed by atoms with van der Waals surface area (Å²) in [7, 11) is -1.69. The molecule has 0 radical (unpaired) electrons. The Morgan fingerprint density at radius 3 is 2.50 bits per heavy atom. The summed E-state index contributed by atoms with van der Waals surface area (Å²) in [5, 5.41) is 0. The zero-order valence-electron chi connectivity index (χ0n) is 5.44. The van der Waals surface area contributed by atoms with Gasteiger partial charge in [-0.15, -0.1) is 0 Å². The molecule has 1 rings (SSSR count). The minimum Gasteiger partial charge on any atom is -0.440 e. The van der Waals surface area contributed by atoms with Gasteiger partial charge in [0.1, 0.15) is 0 Å². The second-order valence-corrected chi connectivity index (χ2v) is 8.50. The van der Waals surface area contributed by atoms with E-state index < -0.39 is 18.3 Å². The van der Waals surface area contributed by atoms with Gasteiger partial charge in [0.25, 0.3) is 10.0 Å². The van der Waals surface area contributed by atoms with Gasteiger partial charge < -0.3 is 8.54 Å². The molecule has 0 atom stereocenters. The van der Waals surface area contributed by atoms with Crippen LogP contribution in [0.3, 0.4) is 0 Å². The van der Waals surface area contributed by atoms with Crippen molar-refractivity contribution in [3.8, 4) is 0 Å². The Labute approximate surface area is 53.4 Å². The van der Waals surface area contributed by atoms with Gasteiger partial charge in [-0.2, -0.15) is 0 Å². The predicted octanol–water partition coefficient (Wildman–Crippen LogP) is 0.237. The summed E-state index contributed by atoms with van der Waals surface area (Å²) in [5.74, 6) is 0. The summed E-state index contributed by atoms with van der Waals surface area (Å²) in [6.07, 6.45) is 0. The molecule has 0 spiro atoms. The van der Waals surface area contributed by atoms with Crippen LogP contribution in [0, 0.1) is 0 Å². The average molecular weight is 148 g/mol. The van der Waals surface area contributed by atoms with Crippen LogP contribution < -0.4 is 0 Å². The molecule has 48 valence electrons. The fourth-order valence-electron chi connectivity index (χ4n) is 0.650. The third-order valence-electron chi connectivity index (χ3n) is 1.38. The van der Waals surface area contributed by atoms with E-state index in [0.29, 0.717) is 0 Å². The Hall–Kier alpha value is 0.354. The van der Waals surface area contributed by atoms with Crippen LogP contribution in [0.4, 0.5) is 0 Å². The molecule has 8 heavy (non-hydrogen) atoms. The second kappa shape index (κ2) is 2.30. The summed E-state index contributed by atoms with van der Waals surface area (Å²) in [4.78, 5) is 0. The normalized spacial score (nSPS) is 30.8. The maximum absolute atomic E-state index is 5.52. The van der Waals surface area contributed by atoms with Crippen molar-refractivity contribution in [1.82, 2.24) is 0 Å². The van der Waals surface area contributed by atoms with Crippen molar-refractivity contribution < 1.29 is 8.54 Å². The standard InChI is InChI=1S/C4H12O2Si2/c1-8(2)4-3-5-7-6-8/h3-4,7H2,1-2H3. The van der Waals surface area contributed by atoms with Crippen molar-refractivity contribution in [2.45, 2.75) is 19.1 Å². The highest BCUT2D eigenvalue weighted by molar-refractivity contribution is 6.75. The van der Waals surface area contributed by atoms with E-state index >= 15 is 0 Å². The van der Waals surface area contributed by atoms with Gasteiger partial charge in [-0.3, -0.25) is 0 Å². The van der Waals surface area contributed by atoms with Crippen LogP contribution in [-0.2, 0) is 8.54 Å². The van der Waals surface area contributed by atoms with Gasteiger partial charge >= 0.3 is 0 Å². The van der Waals surface area contributed by atoms with Crippen LogP contribution in [0.5, 0.6) is 0 Å². The van der Waals surface area contributed by atoms with Gasteiger partial charge in [0.15, 0.2) is 8.32 Å². The lowest BCUT2D eigenvalue weighted by Gasteiger charge is -2.27. The largest absolute Gasteiger partial charge is 0.440 e. The lowest BCUT2D eigenvalue weighted by molar-refractivity contribution is 0.274. The number of hydrogen-bond donors (Lipinski definition) is 0. The average Bonchev–Trinajstić information content (AvgIpc) is 1.65. The summed E-state index contributed by atoms with van der Waals surface area (Å²) < 4.78 is 10.7. The molecule has 0 unspecified atom stereocenters. The van der Waals surface area contributed by atoms with Gasteiger partial charge in [-0.25, -0.2) is 0 Å². The molecule has 2 nitrogen and oxygen atoms in total. The van der Waals surface area contributed by atoms with Crippen LogP contribution in [0.2, 0.25) is 19.1 Å². The van der Waals surface area contributed by atoms with E-state index in [4.69, 9.17) is 8.54 Å². The van der Waals surface area contributed by atoms with Crippen LogP contribution in [0.15, 0.2) is 0 Å². The van der Waals surface area contributed by atoms with E-state index in [1.807, 2.05) is 0 Å². The van der Waals surface area contributed by atoms with E-state index in [1.54, 1.807) is 0 Å². The Morgan fingerprint density at radius 1 is 1.50 bits per heavy atom. The summed E-state index contributed by atoms with van der Waals surface area (Å²) in [6.45, 7) is 5.47. The Bertz CT molecular complexity index is 76.1.